The molecule has 0 saturated carbocycles. The van der Waals surface area contributed by atoms with Crippen LogP contribution in [-0.4, -0.2) is 74.5 Å². The average molecular weight is 691 g/mol. The van der Waals surface area contributed by atoms with Gasteiger partial charge < -0.3 is 29.1 Å². The second-order valence-electron chi connectivity index (χ2n) is 11.7. The third-order valence-electron chi connectivity index (χ3n) is 8.51. The van der Waals surface area contributed by atoms with Gasteiger partial charge in [0.25, 0.3) is 5.91 Å². The Labute approximate surface area is 268 Å². The van der Waals surface area contributed by atoms with Crippen LogP contribution in [0.2, 0.25) is 0 Å². The van der Waals surface area contributed by atoms with Crippen molar-refractivity contribution in [3.8, 4) is 11.5 Å². The van der Waals surface area contributed by atoms with Crippen molar-refractivity contribution < 1.29 is 58.6 Å². The first-order chi connectivity index (χ1) is 21.8. The van der Waals surface area contributed by atoms with Gasteiger partial charge in [0.05, 0.1) is 40.4 Å². The molecule has 3 heterocycles. The minimum absolute atomic E-state index is 0.252. The maximum atomic E-state index is 13.7. The molecular formula is C32H37F6N2O6P. The number of esters is 1. The molecule has 3 fully saturated rings. The fourth-order valence-corrected chi connectivity index (χ4v) is 6.22. The van der Waals surface area contributed by atoms with Crippen LogP contribution in [0.1, 0.15) is 34.3 Å². The van der Waals surface area contributed by atoms with E-state index < -0.39 is 19.4 Å². The number of hydrogen-bond acceptors (Lipinski definition) is 6. The molecule has 0 aromatic heterocycles. The summed E-state index contributed by atoms with van der Waals surface area (Å²) >= 11 is 0. The Hall–Kier alpha value is -3.87. The number of carbonyl (C=O) groups excluding carboxylic acids is 2. The quantitative estimate of drug-likeness (QED) is 0.104. The summed E-state index contributed by atoms with van der Waals surface area (Å²) in [6.07, 6.45) is 1.56. The zero-order chi connectivity index (χ0) is 34.6. The SMILES string of the molecule is COc1cccc(OC)c1C(=O)NCC[N+]12CCC(CC1)[C@@H](OC(=O)C(O)(c1ccccc1)c1ccccc1)C2.F[P-](F)(F)(F)(F)F. The molecule has 3 saturated heterocycles. The van der Waals surface area contributed by atoms with Gasteiger partial charge in [0.15, 0.2) is 6.10 Å². The number of ether oxygens (including phenoxy) is 3. The topological polar surface area (TPSA) is 94.1 Å². The minimum atomic E-state index is -10.7. The number of methoxy groups -OCH3 is 2. The van der Waals surface area contributed by atoms with Crippen LogP contribution in [0, 0.1) is 5.92 Å². The molecule has 3 aliphatic heterocycles. The Morgan fingerprint density at radius 2 is 1.30 bits per heavy atom. The van der Waals surface area contributed by atoms with Gasteiger partial charge in [-0.05, 0) is 23.3 Å². The summed E-state index contributed by atoms with van der Waals surface area (Å²) in [6.45, 7) is 3.77. The molecule has 8 nitrogen and oxygen atoms in total. The van der Waals surface area contributed by atoms with Gasteiger partial charge in [0.2, 0.25) is 5.60 Å². The number of carbonyl (C=O) groups is 2. The summed E-state index contributed by atoms with van der Waals surface area (Å²) in [5, 5.41) is 14.9. The van der Waals surface area contributed by atoms with Gasteiger partial charge >= 0.3 is 39.0 Å². The first kappa shape index (κ1) is 36.0. The molecule has 0 aliphatic carbocycles. The molecule has 47 heavy (non-hydrogen) atoms. The molecule has 2 bridgehead atoms. The van der Waals surface area contributed by atoms with E-state index in [2.05, 4.69) is 5.32 Å². The van der Waals surface area contributed by atoms with Crippen LogP contribution in [0.5, 0.6) is 11.5 Å². The number of rotatable bonds is 10. The third kappa shape index (κ3) is 9.59. The summed E-state index contributed by atoms with van der Waals surface area (Å²) in [5.41, 5.74) is -0.573. The molecule has 0 unspecified atom stereocenters. The van der Waals surface area contributed by atoms with Crippen LogP contribution < -0.4 is 14.8 Å². The summed E-state index contributed by atoms with van der Waals surface area (Å²) in [6, 6.07) is 23.2. The number of quaternary nitrogens is 1. The van der Waals surface area contributed by atoms with Crippen LogP contribution >= 0.6 is 7.81 Å². The number of aliphatic hydroxyl groups is 1. The van der Waals surface area contributed by atoms with E-state index in [9.17, 15) is 39.9 Å². The summed E-state index contributed by atoms with van der Waals surface area (Å²) < 4.78 is 76.9. The number of benzene rings is 3. The number of hydrogen-bond donors (Lipinski definition) is 2. The van der Waals surface area contributed by atoms with Gasteiger partial charge in [0, 0.05) is 18.8 Å². The Morgan fingerprint density at radius 3 is 1.74 bits per heavy atom. The number of nitrogens with one attached hydrogen (secondary N) is 1. The van der Waals surface area contributed by atoms with Crippen LogP contribution in [-0.2, 0) is 15.1 Å². The van der Waals surface area contributed by atoms with E-state index in [0.29, 0.717) is 47.8 Å². The Morgan fingerprint density at radius 1 is 0.830 bits per heavy atom. The van der Waals surface area contributed by atoms with Crippen molar-refractivity contribution in [2.75, 3.05) is 46.9 Å². The third-order valence-corrected chi connectivity index (χ3v) is 8.51. The molecule has 3 aromatic carbocycles. The van der Waals surface area contributed by atoms with Crippen molar-refractivity contribution in [3.05, 3.63) is 95.6 Å². The molecule has 258 valence electrons. The monoisotopic (exact) mass is 690 g/mol. The Balaban J connectivity index is 0.000000644. The first-order valence-electron chi connectivity index (χ1n) is 14.8. The van der Waals surface area contributed by atoms with Gasteiger partial charge in [-0.15, -0.1) is 0 Å². The second-order valence-corrected chi connectivity index (χ2v) is 13.6. The normalized spacial score (nSPS) is 22.1. The van der Waals surface area contributed by atoms with Crippen molar-refractivity contribution in [3.63, 3.8) is 0 Å². The van der Waals surface area contributed by atoms with Gasteiger partial charge in [0.1, 0.15) is 23.6 Å². The Bertz CT molecular complexity index is 1480. The molecule has 0 spiro atoms. The van der Waals surface area contributed by atoms with E-state index in [4.69, 9.17) is 14.2 Å². The Kier molecular flexibility index (Phi) is 9.93. The van der Waals surface area contributed by atoms with Crippen LogP contribution in [0.25, 0.3) is 0 Å². The van der Waals surface area contributed by atoms with Crippen LogP contribution in [0.3, 0.4) is 0 Å². The van der Waals surface area contributed by atoms with Gasteiger partial charge in [-0.3, -0.25) is 4.79 Å². The summed E-state index contributed by atoms with van der Waals surface area (Å²) in [5.74, 6) is 0.265. The van der Waals surface area contributed by atoms with Crippen molar-refractivity contribution >= 4 is 19.7 Å². The number of fused-ring (bicyclic) bond motifs is 3. The van der Waals surface area contributed by atoms with Crippen molar-refractivity contribution in [1.29, 1.82) is 0 Å². The maximum absolute atomic E-state index is 13.7. The summed E-state index contributed by atoms with van der Waals surface area (Å²) in [7, 11) is -7.60. The van der Waals surface area contributed by atoms with Crippen molar-refractivity contribution in [1.82, 2.24) is 5.32 Å². The van der Waals surface area contributed by atoms with Gasteiger partial charge in [-0.25, -0.2) is 4.79 Å². The molecule has 3 aromatic rings. The van der Waals surface area contributed by atoms with Crippen molar-refractivity contribution in [2.45, 2.75) is 24.5 Å². The molecular weight excluding hydrogens is 653 g/mol. The number of piperidine rings is 3. The number of amides is 1. The van der Waals surface area contributed by atoms with Crippen LogP contribution in [0.4, 0.5) is 25.2 Å². The standard InChI is InChI=1S/C32H36N2O6.F6P/c1-38-26-14-9-15-27(39-2)29(26)30(35)33-18-21-34-19-16-23(17-20-34)28(22-34)40-31(36)32(37,24-10-5-3-6-11-24)25-12-7-4-8-13-25;1-7(2,3,4,5)6/h3-15,23,28,37H,16-22H2,1-2H3;/q;-1/p+1/t23?,28-,34?;/m0./s1. The molecule has 2 N–H and O–H groups in total. The molecule has 1 amide bonds. The predicted molar refractivity (Wildman–Crippen MR) is 164 cm³/mol. The fraction of sp³-hybridized carbons (Fsp3) is 0.375. The number of halogens is 6. The molecule has 6 rings (SSSR count). The van der Waals surface area contributed by atoms with E-state index in [0.717, 1.165) is 30.4 Å². The second kappa shape index (κ2) is 13.0. The molecule has 0 radical (unpaired) electrons. The molecule has 1 atom stereocenters. The average Bonchev–Trinajstić information content (AvgIpc) is 3.03. The van der Waals surface area contributed by atoms with Crippen molar-refractivity contribution in [2.24, 2.45) is 5.92 Å². The van der Waals surface area contributed by atoms with E-state index >= 15 is 0 Å². The zero-order valence-corrected chi connectivity index (χ0v) is 26.7. The molecule has 3 aliphatic rings. The predicted octanol–water partition coefficient (Wildman–Crippen LogP) is 6.90. The van der Waals surface area contributed by atoms with E-state index in [1.165, 1.54) is 14.2 Å². The van der Waals surface area contributed by atoms with Crippen LogP contribution in [0.15, 0.2) is 78.9 Å². The molecule has 15 heteroatoms. The van der Waals surface area contributed by atoms with E-state index in [-0.39, 0.29) is 17.9 Å². The van der Waals surface area contributed by atoms with Gasteiger partial charge in [-0.2, -0.15) is 0 Å². The fourth-order valence-electron chi connectivity index (χ4n) is 6.22. The number of nitrogens with zero attached hydrogens (tertiary/aromatic N) is 1. The van der Waals surface area contributed by atoms with E-state index in [1.54, 1.807) is 66.7 Å². The first-order valence-corrected chi connectivity index (χ1v) is 16.8. The zero-order valence-electron chi connectivity index (χ0n) is 25.8. The van der Waals surface area contributed by atoms with Gasteiger partial charge in [-0.1, -0.05) is 66.7 Å². The van der Waals surface area contributed by atoms with E-state index in [1.807, 2.05) is 12.1 Å². The summed E-state index contributed by atoms with van der Waals surface area (Å²) in [4.78, 5) is 26.8.